The Hall–Kier alpha value is -2.08. The molecule has 1 aliphatic heterocycles. The van der Waals surface area contributed by atoms with E-state index in [-0.39, 0.29) is 17.9 Å². The van der Waals surface area contributed by atoms with Crippen LogP contribution in [0.5, 0.6) is 5.75 Å². The Labute approximate surface area is 117 Å². The summed E-state index contributed by atoms with van der Waals surface area (Å²) in [7, 11) is 0. The number of fused-ring (bicyclic) bond motifs is 1. The van der Waals surface area contributed by atoms with Crippen LogP contribution in [-0.2, 0) is 16.0 Å². The number of carbonyl (C=O) groups excluding carboxylic acids is 2. The maximum atomic E-state index is 11.4. The molecule has 0 radical (unpaired) electrons. The first-order chi connectivity index (χ1) is 9.58. The van der Waals surface area contributed by atoms with Crippen LogP contribution in [0.25, 0.3) is 0 Å². The molecule has 20 heavy (non-hydrogen) atoms. The number of benzene rings is 1. The van der Waals surface area contributed by atoms with Gasteiger partial charge in [0.25, 0.3) is 0 Å². The average molecular weight is 277 g/mol. The molecular weight excluding hydrogens is 258 g/mol. The summed E-state index contributed by atoms with van der Waals surface area (Å²) >= 11 is 0. The molecule has 0 saturated heterocycles. The summed E-state index contributed by atoms with van der Waals surface area (Å²) in [6.07, 6.45) is 2.07. The van der Waals surface area contributed by atoms with E-state index in [0.717, 1.165) is 17.7 Å². The average Bonchev–Trinajstić information content (AvgIpc) is 2.44. The summed E-state index contributed by atoms with van der Waals surface area (Å²) < 4.78 is 5.74. The number of hydrazine groups is 1. The summed E-state index contributed by atoms with van der Waals surface area (Å²) in [5.74, 6) is 5.53. The van der Waals surface area contributed by atoms with Crippen LogP contribution in [0.15, 0.2) is 18.2 Å². The molecule has 0 bridgehead atoms. The third-order valence-corrected chi connectivity index (χ3v) is 3.25. The highest BCUT2D eigenvalue weighted by Gasteiger charge is 2.16. The zero-order valence-corrected chi connectivity index (χ0v) is 11.4. The highest BCUT2D eigenvalue weighted by atomic mass is 16.5. The Morgan fingerprint density at radius 3 is 3.05 bits per heavy atom. The first kappa shape index (κ1) is 14.3. The zero-order chi connectivity index (χ0) is 14.5. The minimum Gasteiger partial charge on any atom is -0.491 e. The second-order valence-corrected chi connectivity index (χ2v) is 4.90. The Kier molecular flexibility index (Phi) is 4.57. The molecule has 1 heterocycles. The predicted molar refractivity (Wildman–Crippen MR) is 75.0 cm³/mol. The van der Waals surface area contributed by atoms with Crippen LogP contribution in [-0.4, -0.2) is 17.9 Å². The number of nitrogens with one attached hydrogen (secondary N) is 2. The van der Waals surface area contributed by atoms with Crippen LogP contribution < -0.4 is 21.3 Å². The summed E-state index contributed by atoms with van der Waals surface area (Å²) in [5.41, 5.74) is 4.02. The Morgan fingerprint density at radius 2 is 2.30 bits per heavy atom. The van der Waals surface area contributed by atoms with Crippen molar-refractivity contribution in [2.45, 2.75) is 38.7 Å². The van der Waals surface area contributed by atoms with Gasteiger partial charge in [-0.1, -0.05) is 6.07 Å². The monoisotopic (exact) mass is 277 g/mol. The van der Waals surface area contributed by atoms with E-state index in [9.17, 15) is 9.59 Å². The highest BCUT2D eigenvalue weighted by molar-refractivity contribution is 5.94. The molecule has 0 spiro atoms. The van der Waals surface area contributed by atoms with Crippen LogP contribution in [0.3, 0.4) is 0 Å². The van der Waals surface area contributed by atoms with Crippen molar-refractivity contribution in [1.29, 1.82) is 0 Å². The van der Waals surface area contributed by atoms with Gasteiger partial charge in [0.1, 0.15) is 5.75 Å². The molecule has 108 valence electrons. The first-order valence-corrected chi connectivity index (χ1v) is 6.67. The zero-order valence-electron chi connectivity index (χ0n) is 11.4. The third kappa shape index (κ3) is 3.71. The normalized spacial score (nSPS) is 15.0. The SMILES string of the molecule is CC(CCC(=O)NN)Oc1ccc2c(c1)NC(=O)CC2. The number of amides is 2. The number of carbonyl (C=O) groups is 2. The summed E-state index contributed by atoms with van der Waals surface area (Å²) in [6.45, 7) is 1.89. The quantitative estimate of drug-likeness (QED) is 0.427. The molecular formula is C14H19N3O3. The molecule has 1 aromatic rings. The summed E-state index contributed by atoms with van der Waals surface area (Å²) in [6, 6.07) is 5.67. The molecule has 1 aromatic carbocycles. The first-order valence-electron chi connectivity index (χ1n) is 6.67. The van der Waals surface area contributed by atoms with Gasteiger partial charge in [0.15, 0.2) is 0 Å². The van der Waals surface area contributed by atoms with E-state index >= 15 is 0 Å². The number of hydrogen-bond donors (Lipinski definition) is 3. The van der Waals surface area contributed by atoms with E-state index < -0.39 is 0 Å². The van der Waals surface area contributed by atoms with Gasteiger partial charge in [-0.05, 0) is 31.4 Å². The number of rotatable bonds is 5. The Balaban J connectivity index is 1.94. The second-order valence-electron chi connectivity index (χ2n) is 4.90. The van der Waals surface area contributed by atoms with E-state index in [2.05, 4.69) is 10.7 Å². The van der Waals surface area contributed by atoms with Gasteiger partial charge in [-0.15, -0.1) is 0 Å². The number of hydrogen-bond acceptors (Lipinski definition) is 4. The van der Waals surface area contributed by atoms with Gasteiger partial charge in [-0.25, -0.2) is 5.84 Å². The van der Waals surface area contributed by atoms with Crippen LogP contribution in [0.4, 0.5) is 5.69 Å². The molecule has 0 saturated carbocycles. The molecule has 1 unspecified atom stereocenters. The van der Waals surface area contributed by atoms with Crippen molar-refractivity contribution >= 4 is 17.5 Å². The molecule has 1 aliphatic rings. The van der Waals surface area contributed by atoms with E-state index in [1.807, 2.05) is 25.1 Å². The fourth-order valence-electron chi connectivity index (χ4n) is 2.12. The molecule has 1 atom stereocenters. The molecule has 2 amide bonds. The Bertz CT molecular complexity index is 516. The van der Waals surface area contributed by atoms with Gasteiger partial charge in [-0.3, -0.25) is 15.0 Å². The van der Waals surface area contributed by atoms with Gasteiger partial charge < -0.3 is 10.1 Å². The van der Waals surface area contributed by atoms with Crippen molar-refractivity contribution < 1.29 is 14.3 Å². The van der Waals surface area contributed by atoms with Crippen LogP contribution in [0.2, 0.25) is 0 Å². The van der Waals surface area contributed by atoms with Gasteiger partial charge in [0, 0.05) is 24.6 Å². The maximum absolute atomic E-state index is 11.4. The van der Waals surface area contributed by atoms with Crippen molar-refractivity contribution in [1.82, 2.24) is 5.43 Å². The van der Waals surface area contributed by atoms with Crippen molar-refractivity contribution in [2.75, 3.05) is 5.32 Å². The minimum atomic E-state index is -0.210. The topological polar surface area (TPSA) is 93.5 Å². The lowest BCUT2D eigenvalue weighted by molar-refractivity contribution is -0.121. The third-order valence-electron chi connectivity index (χ3n) is 3.25. The van der Waals surface area contributed by atoms with Gasteiger partial charge >= 0.3 is 0 Å². The lowest BCUT2D eigenvalue weighted by Gasteiger charge is -2.19. The summed E-state index contributed by atoms with van der Waals surface area (Å²) in [5, 5.41) is 2.83. The smallest absolute Gasteiger partial charge is 0.234 e. The van der Waals surface area contributed by atoms with Gasteiger partial charge in [0.2, 0.25) is 11.8 Å². The Morgan fingerprint density at radius 1 is 1.50 bits per heavy atom. The lowest BCUT2D eigenvalue weighted by Crippen LogP contribution is -2.30. The van der Waals surface area contributed by atoms with E-state index in [1.165, 1.54) is 0 Å². The lowest BCUT2D eigenvalue weighted by atomic mass is 10.0. The fraction of sp³-hybridized carbons (Fsp3) is 0.429. The maximum Gasteiger partial charge on any atom is 0.234 e. The number of aryl methyl sites for hydroxylation is 1. The standard InChI is InChI=1S/C14H19N3O3/c1-9(2-6-14(19)17-15)20-11-5-3-10-4-7-13(18)16-12(10)8-11/h3,5,8-9H,2,4,6-7,15H2,1H3,(H,16,18)(H,17,19). The van der Waals surface area contributed by atoms with Crippen LogP contribution >= 0.6 is 0 Å². The van der Waals surface area contributed by atoms with Crippen molar-refractivity contribution in [3.63, 3.8) is 0 Å². The fourth-order valence-corrected chi connectivity index (χ4v) is 2.12. The number of ether oxygens (including phenoxy) is 1. The van der Waals surface area contributed by atoms with E-state index in [4.69, 9.17) is 10.6 Å². The van der Waals surface area contributed by atoms with Crippen LogP contribution in [0, 0.1) is 0 Å². The van der Waals surface area contributed by atoms with E-state index in [0.29, 0.717) is 25.0 Å². The van der Waals surface area contributed by atoms with Crippen molar-refractivity contribution in [3.8, 4) is 5.75 Å². The molecule has 6 nitrogen and oxygen atoms in total. The van der Waals surface area contributed by atoms with Gasteiger partial charge in [-0.2, -0.15) is 0 Å². The second kappa shape index (κ2) is 6.38. The molecule has 4 N–H and O–H groups in total. The summed E-state index contributed by atoms with van der Waals surface area (Å²) in [4.78, 5) is 22.4. The molecule has 2 rings (SSSR count). The van der Waals surface area contributed by atoms with Crippen LogP contribution in [0.1, 0.15) is 31.7 Å². The molecule has 0 aliphatic carbocycles. The molecule has 0 fully saturated rings. The minimum absolute atomic E-state index is 0.0299. The highest BCUT2D eigenvalue weighted by Crippen LogP contribution is 2.27. The largest absolute Gasteiger partial charge is 0.491 e. The van der Waals surface area contributed by atoms with Crippen molar-refractivity contribution in [2.24, 2.45) is 5.84 Å². The van der Waals surface area contributed by atoms with Crippen molar-refractivity contribution in [3.05, 3.63) is 23.8 Å². The van der Waals surface area contributed by atoms with E-state index in [1.54, 1.807) is 0 Å². The number of anilines is 1. The van der Waals surface area contributed by atoms with Gasteiger partial charge in [0.05, 0.1) is 6.10 Å². The predicted octanol–water partition coefficient (Wildman–Crippen LogP) is 1.11. The number of nitrogens with two attached hydrogens (primary N) is 1. The molecule has 0 aromatic heterocycles. The molecule has 6 heteroatoms.